The molecule has 0 bridgehead atoms. The second-order valence-corrected chi connectivity index (χ2v) is 4.53. The third-order valence-corrected chi connectivity index (χ3v) is 3.30. The van der Waals surface area contributed by atoms with Gasteiger partial charge in [0, 0.05) is 11.7 Å². The van der Waals surface area contributed by atoms with E-state index >= 15 is 0 Å². The van der Waals surface area contributed by atoms with E-state index in [-0.39, 0.29) is 17.7 Å². The van der Waals surface area contributed by atoms with Gasteiger partial charge < -0.3 is 15.5 Å². The fourth-order valence-corrected chi connectivity index (χ4v) is 2.37. The summed E-state index contributed by atoms with van der Waals surface area (Å²) in [5.74, 6) is -0.812. The normalized spacial score (nSPS) is 24.2. The number of rotatable bonds is 3. The number of anilines is 1. The number of aromatic hydroxyl groups is 1. The minimum atomic E-state index is -0.721. The Labute approximate surface area is 100 Å². The molecule has 1 saturated carbocycles. The molecule has 2 unspecified atom stereocenters. The summed E-state index contributed by atoms with van der Waals surface area (Å²) in [5.41, 5.74) is 0.862. The molecule has 1 fully saturated rings. The first-order chi connectivity index (χ1) is 8.16. The van der Waals surface area contributed by atoms with Crippen LogP contribution in [0, 0.1) is 5.92 Å². The van der Waals surface area contributed by atoms with Crippen molar-refractivity contribution >= 4 is 11.7 Å². The SMILES string of the molecule is O=C(O)C1CCCCC1Nc1ccc(O)cc1. The number of carboxylic acid groups (broad SMARTS) is 1. The molecule has 92 valence electrons. The van der Waals surface area contributed by atoms with Crippen LogP contribution in [0.1, 0.15) is 25.7 Å². The first kappa shape index (κ1) is 11.8. The van der Waals surface area contributed by atoms with E-state index in [1.54, 1.807) is 24.3 Å². The van der Waals surface area contributed by atoms with Crippen molar-refractivity contribution in [2.45, 2.75) is 31.7 Å². The lowest BCUT2D eigenvalue weighted by molar-refractivity contribution is -0.143. The van der Waals surface area contributed by atoms with E-state index in [2.05, 4.69) is 5.32 Å². The molecule has 0 saturated heterocycles. The molecule has 1 aliphatic rings. The minimum Gasteiger partial charge on any atom is -0.508 e. The largest absolute Gasteiger partial charge is 0.508 e. The van der Waals surface area contributed by atoms with E-state index in [0.29, 0.717) is 0 Å². The Morgan fingerprint density at radius 1 is 1.18 bits per heavy atom. The highest BCUT2D eigenvalue weighted by molar-refractivity contribution is 5.71. The molecule has 0 aromatic heterocycles. The van der Waals surface area contributed by atoms with Crippen LogP contribution in [0.3, 0.4) is 0 Å². The Balaban J connectivity index is 2.05. The molecule has 2 rings (SSSR count). The Bertz CT molecular complexity index is 388. The Morgan fingerprint density at radius 2 is 1.82 bits per heavy atom. The van der Waals surface area contributed by atoms with E-state index in [1.807, 2.05) is 0 Å². The molecule has 3 N–H and O–H groups in total. The standard InChI is InChI=1S/C13H17NO3/c15-10-7-5-9(6-8-10)14-12-4-2-1-3-11(12)13(16)17/h5-8,11-12,14-15H,1-4H2,(H,16,17). The molecule has 4 heteroatoms. The molecule has 4 nitrogen and oxygen atoms in total. The molecule has 2 atom stereocenters. The number of hydrogen-bond donors (Lipinski definition) is 3. The van der Waals surface area contributed by atoms with E-state index in [4.69, 9.17) is 5.11 Å². The quantitative estimate of drug-likeness (QED) is 0.704. The number of hydrogen-bond acceptors (Lipinski definition) is 3. The molecule has 1 aromatic carbocycles. The van der Waals surface area contributed by atoms with Crippen LogP contribution in [0.2, 0.25) is 0 Å². The number of benzene rings is 1. The molecular formula is C13H17NO3. The van der Waals surface area contributed by atoms with Crippen molar-refractivity contribution < 1.29 is 15.0 Å². The van der Waals surface area contributed by atoms with E-state index in [0.717, 1.165) is 31.4 Å². The number of carboxylic acids is 1. The van der Waals surface area contributed by atoms with Crippen LogP contribution in [0.25, 0.3) is 0 Å². The van der Waals surface area contributed by atoms with Gasteiger partial charge in [-0.3, -0.25) is 4.79 Å². The Kier molecular flexibility index (Phi) is 3.52. The zero-order chi connectivity index (χ0) is 12.3. The van der Waals surface area contributed by atoms with Crippen molar-refractivity contribution in [1.29, 1.82) is 0 Å². The zero-order valence-electron chi connectivity index (χ0n) is 9.60. The summed E-state index contributed by atoms with van der Waals surface area (Å²) >= 11 is 0. The number of phenolic OH excluding ortho intramolecular Hbond substituents is 1. The number of phenols is 1. The topological polar surface area (TPSA) is 69.6 Å². The Morgan fingerprint density at radius 3 is 2.47 bits per heavy atom. The van der Waals surface area contributed by atoms with Gasteiger partial charge in [-0.2, -0.15) is 0 Å². The second kappa shape index (κ2) is 5.08. The van der Waals surface area contributed by atoms with Gasteiger partial charge in [-0.15, -0.1) is 0 Å². The van der Waals surface area contributed by atoms with Crippen molar-refractivity contribution in [2.75, 3.05) is 5.32 Å². The lowest BCUT2D eigenvalue weighted by Crippen LogP contribution is -2.37. The molecular weight excluding hydrogens is 218 g/mol. The van der Waals surface area contributed by atoms with Crippen molar-refractivity contribution in [3.05, 3.63) is 24.3 Å². The molecule has 1 aromatic rings. The summed E-state index contributed by atoms with van der Waals surface area (Å²) in [7, 11) is 0. The van der Waals surface area contributed by atoms with Crippen LogP contribution in [0.4, 0.5) is 5.69 Å². The highest BCUT2D eigenvalue weighted by Crippen LogP contribution is 2.28. The van der Waals surface area contributed by atoms with Gasteiger partial charge in [-0.05, 0) is 37.1 Å². The predicted octanol–water partition coefficient (Wildman–Crippen LogP) is 2.45. The van der Waals surface area contributed by atoms with Crippen molar-refractivity contribution in [3.63, 3.8) is 0 Å². The molecule has 0 heterocycles. The van der Waals surface area contributed by atoms with Gasteiger partial charge in [0.2, 0.25) is 0 Å². The fraction of sp³-hybridized carbons (Fsp3) is 0.462. The minimum absolute atomic E-state index is 0.00853. The van der Waals surface area contributed by atoms with Crippen LogP contribution >= 0.6 is 0 Å². The van der Waals surface area contributed by atoms with Crippen LogP contribution in [-0.2, 0) is 4.79 Å². The van der Waals surface area contributed by atoms with Crippen LogP contribution in [-0.4, -0.2) is 22.2 Å². The predicted molar refractivity (Wildman–Crippen MR) is 65.1 cm³/mol. The van der Waals surface area contributed by atoms with Gasteiger partial charge in [0.1, 0.15) is 5.75 Å². The number of aliphatic carboxylic acids is 1. The molecule has 17 heavy (non-hydrogen) atoms. The summed E-state index contributed by atoms with van der Waals surface area (Å²) in [6.07, 6.45) is 3.69. The maximum absolute atomic E-state index is 11.1. The van der Waals surface area contributed by atoms with Crippen LogP contribution in [0.5, 0.6) is 5.75 Å². The molecule has 0 radical (unpaired) electrons. The maximum Gasteiger partial charge on any atom is 0.308 e. The van der Waals surface area contributed by atoms with Gasteiger partial charge in [0.25, 0.3) is 0 Å². The molecule has 1 aliphatic carbocycles. The smallest absolute Gasteiger partial charge is 0.308 e. The summed E-state index contributed by atoms with van der Waals surface area (Å²) < 4.78 is 0. The van der Waals surface area contributed by atoms with Crippen LogP contribution < -0.4 is 5.32 Å². The summed E-state index contributed by atoms with van der Waals surface area (Å²) in [6, 6.07) is 6.72. The zero-order valence-corrected chi connectivity index (χ0v) is 9.60. The summed E-state index contributed by atoms with van der Waals surface area (Å²) in [4.78, 5) is 11.1. The van der Waals surface area contributed by atoms with E-state index in [1.165, 1.54) is 0 Å². The number of carbonyl (C=O) groups is 1. The molecule has 0 amide bonds. The molecule has 0 aliphatic heterocycles. The Hall–Kier alpha value is -1.71. The van der Waals surface area contributed by atoms with Crippen LogP contribution in [0.15, 0.2) is 24.3 Å². The van der Waals surface area contributed by atoms with Crippen molar-refractivity contribution in [3.8, 4) is 5.75 Å². The second-order valence-electron chi connectivity index (χ2n) is 4.53. The van der Waals surface area contributed by atoms with Gasteiger partial charge in [-0.25, -0.2) is 0 Å². The molecule has 0 spiro atoms. The first-order valence-corrected chi connectivity index (χ1v) is 5.95. The van der Waals surface area contributed by atoms with Gasteiger partial charge in [-0.1, -0.05) is 12.8 Å². The third-order valence-electron chi connectivity index (χ3n) is 3.30. The van der Waals surface area contributed by atoms with Gasteiger partial charge in [0.05, 0.1) is 5.92 Å². The third kappa shape index (κ3) is 2.90. The average molecular weight is 235 g/mol. The highest BCUT2D eigenvalue weighted by Gasteiger charge is 2.30. The lowest BCUT2D eigenvalue weighted by Gasteiger charge is -2.30. The number of nitrogens with one attached hydrogen (secondary N) is 1. The average Bonchev–Trinajstić information content (AvgIpc) is 2.32. The van der Waals surface area contributed by atoms with E-state index < -0.39 is 5.97 Å². The summed E-state index contributed by atoms with van der Waals surface area (Å²) in [6.45, 7) is 0. The first-order valence-electron chi connectivity index (χ1n) is 5.95. The van der Waals surface area contributed by atoms with Crippen molar-refractivity contribution in [2.24, 2.45) is 5.92 Å². The van der Waals surface area contributed by atoms with Crippen molar-refractivity contribution in [1.82, 2.24) is 0 Å². The lowest BCUT2D eigenvalue weighted by atomic mass is 9.84. The summed E-state index contributed by atoms with van der Waals surface area (Å²) in [5, 5.41) is 21.6. The fourth-order valence-electron chi connectivity index (χ4n) is 2.37. The van der Waals surface area contributed by atoms with Gasteiger partial charge in [0.15, 0.2) is 0 Å². The monoisotopic (exact) mass is 235 g/mol. The maximum atomic E-state index is 11.1. The van der Waals surface area contributed by atoms with E-state index in [9.17, 15) is 9.90 Å². The van der Waals surface area contributed by atoms with Gasteiger partial charge >= 0.3 is 5.97 Å². The highest BCUT2D eigenvalue weighted by atomic mass is 16.4.